The number of hydrogen-bond acceptors (Lipinski definition) is 4. The summed E-state index contributed by atoms with van der Waals surface area (Å²) < 4.78 is 4.64. The van der Waals surface area contributed by atoms with E-state index >= 15 is 0 Å². The van der Waals surface area contributed by atoms with Gasteiger partial charge in [-0.3, -0.25) is 9.59 Å². The molecule has 0 saturated carbocycles. The first-order valence-electron chi connectivity index (χ1n) is 6.56. The molecule has 1 heterocycles. The summed E-state index contributed by atoms with van der Waals surface area (Å²) >= 11 is 0. The molecule has 104 valence electrons. The second kappa shape index (κ2) is 6.73. The highest BCUT2D eigenvalue weighted by Gasteiger charge is 2.30. The van der Waals surface area contributed by atoms with E-state index in [0.29, 0.717) is 6.04 Å². The van der Waals surface area contributed by atoms with Crippen LogP contribution in [0, 0.1) is 5.92 Å². The van der Waals surface area contributed by atoms with E-state index in [0.717, 1.165) is 19.4 Å². The summed E-state index contributed by atoms with van der Waals surface area (Å²) in [6, 6.07) is 0.377. The lowest BCUT2D eigenvalue weighted by Crippen LogP contribution is -2.48. The van der Waals surface area contributed by atoms with Crippen molar-refractivity contribution < 1.29 is 14.3 Å². The number of carbonyl (C=O) groups excluding carboxylic acids is 2. The van der Waals surface area contributed by atoms with Gasteiger partial charge in [0.15, 0.2) is 0 Å². The maximum Gasteiger partial charge on any atom is 0.325 e. The first-order valence-corrected chi connectivity index (χ1v) is 6.56. The molecule has 1 fully saturated rings. The van der Waals surface area contributed by atoms with Gasteiger partial charge < -0.3 is 15.0 Å². The van der Waals surface area contributed by atoms with E-state index < -0.39 is 0 Å². The number of hydrogen-bond donors (Lipinski definition) is 1. The number of carbonyl (C=O) groups is 2. The molecule has 0 aromatic carbocycles. The SMILES string of the molecule is COC(=O)CN(C(=O)C1CCNC(C)C1)C(C)C. The van der Waals surface area contributed by atoms with Crippen LogP contribution in [0.5, 0.6) is 0 Å². The Labute approximate surface area is 109 Å². The summed E-state index contributed by atoms with van der Waals surface area (Å²) in [7, 11) is 1.35. The van der Waals surface area contributed by atoms with Gasteiger partial charge in [0.25, 0.3) is 0 Å². The van der Waals surface area contributed by atoms with Crippen molar-refractivity contribution in [2.75, 3.05) is 20.2 Å². The third kappa shape index (κ3) is 3.98. The van der Waals surface area contributed by atoms with Crippen molar-refractivity contribution in [2.45, 2.75) is 45.7 Å². The zero-order valence-electron chi connectivity index (χ0n) is 11.7. The van der Waals surface area contributed by atoms with E-state index in [-0.39, 0.29) is 30.4 Å². The van der Waals surface area contributed by atoms with Crippen LogP contribution in [0.1, 0.15) is 33.6 Å². The molecule has 0 radical (unpaired) electrons. The van der Waals surface area contributed by atoms with Crippen molar-refractivity contribution in [3.8, 4) is 0 Å². The molecule has 2 atom stereocenters. The lowest BCUT2D eigenvalue weighted by molar-refractivity contribution is -0.150. The second-order valence-electron chi connectivity index (χ2n) is 5.21. The molecule has 0 bridgehead atoms. The van der Waals surface area contributed by atoms with Crippen LogP contribution >= 0.6 is 0 Å². The van der Waals surface area contributed by atoms with Gasteiger partial charge in [-0.05, 0) is 40.2 Å². The van der Waals surface area contributed by atoms with Crippen molar-refractivity contribution >= 4 is 11.9 Å². The number of nitrogens with zero attached hydrogens (tertiary/aromatic N) is 1. The number of rotatable bonds is 4. The molecule has 1 rings (SSSR count). The van der Waals surface area contributed by atoms with Gasteiger partial charge in [0.05, 0.1) is 7.11 Å². The number of methoxy groups -OCH3 is 1. The summed E-state index contributed by atoms with van der Waals surface area (Å²) in [5.74, 6) is -0.268. The Morgan fingerprint density at radius 2 is 2.11 bits per heavy atom. The van der Waals surface area contributed by atoms with Crippen molar-refractivity contribution in [1.29, 1.82) is 0 Å². The smallest absolute Gasteiger partial charge is 0.325 e. The van der Waals surface area contributed by atoms with Gasteiger partial charge in [0, 0.05) is 18.0 Å². The second-order valence-corrected chi connectivity index (χ2v) is 5.21. The maximum atomic E-state index is 12.4. The van der Waals surface area contributed by atoms with Crippen molar-refractivity contribution in [3.05, 3.63) is 0 Å². The predicted molar refractivity (Wildman–Crippen MR) is 69.1 cm³/mol. The third-order valence-electron chi connectivity index (χ3n) is 3.41. The molecule has 0 aromatic heterocycles. The molecule has 5 heteroatoms. The highest BCUT2D eigenvalue weighted by molar-refractivity contribution is 5.84. The lowest BCUT2D eigenvalue weighted by Gasteiger charge is -2.33. The zero-order valence-corrected chi connectivity index (χ0v) is 11.7. The van der Waals surface area contributed by atoms with Crippen molar-refractivity contribution in [2.24, 2.45) is 5.92 Å². The van der Waals surface area contributed by atoms with Crippen LogP contribution in [0.4, 0.5) is 0 Å². The Balaban J connectivity index is 2.66. The van der Waals surface area contributed by atoms with Crippen LogP contribution in [0.3, 0.4) is 0 Å². The highest BCUT2D eigenvalue weighted by atomic mass is 16.5. The number of ether oxygens (including phenoxy) is 1. The standard InChI is InChI=1S/C13H24N2O3/c1-9(2)15(8-12(16)18-4)13(17)11-5-6-14-10(3)7-11/h9-11,14H,5-8H2,1-4H3. The number of nitrogens with one attached hydrogen (secondary N) is 1. The average Bonchev–Trinajstić information content (AvgIpc) is 2.34. The van der Waals surface area contributed by atoms with Crippen molar-refractivity contribution in [3.63, 3.8) is 0 Å². The molecule has 5 nitrogen and oxygen atoms in total. The van der Waals surface area contributed by atoms with Crippen LogP contribution in [-0.2, 0) is 14.3 Å². The van der Waals surface area contributed by atoms with Crippen LogP contribution in [0.2, 0.25) is 0 Å². The Morgan fingerprint density at radius 1 is 1.44 bits per heavy atom. The summed E-state index contributed by atoms with van der Waals surface area (Å²) in [5.41, 5.74) is 0. The van der Waals surface area contributed by atoms with Crippen molar-refractivity contribution in [1.82, 2.24) is 10.2 Å². The summed E-state index contributed by atoms with van der Waals surface area (Å²) in [6.07, 6.45) is 1.68. The first kappa shape index (κ1) is 15.0. The predicted octanol–water partition coefficient (Wildman–Crippen LogP) is 0.785. The monoisotopic (exact) mass is 256 g/mol. The van der Waals surface area contributed by atoms with E-state index in [1.54, 1.807) is 4.90 Å². The van der Waals surface area contributed by atoms with Crippen LogP contribution in [-0.4, -0.2) is 49.1 Å². The summed E-state index contributed by atoms with van der Waals surface area (Å²) in [4.78, 5) is 25.4. The molecule has 1 saturated heterocycles. The van der Waals surface area contributed by atoms with Gasteiger partial charge in [0.2, 0.25) is 5.91 Å². The van der Waals surface area contributed by atoms with E-state index in [1.165, 1.54) is 7.11 Å². The van der Waals surface area contributed by atoms with E-state index in [4.69, 9.17) is 0 Å². The molecule has 18 heavy (non-hydrogen) atoms. The number of esters is 1. The first-order chi connectivity index (χ1) is 8.45. The molecule has 1 N–H and O–H groups in total. The minimum absolute atomic E-state index is 0.0155. The Bertz CT molecular complexity index is 305. The molecule has 0 aromatic rings. The fourth-order valence-corrected chi connectivity index (χ4v) is 2.31. The lowest BCUT2D eigenvalue weighted by atomic mass is 9.91. The molecule has 0 spiro atoms. The van der Waals surface area contributed by atoms with E-state index in [2.05, 4.69) is 17.0 Å². The average molecular weight is 256 g/mol. The van der Waals surface area contributed by atoms with Gasteiger partial charge in [0.1, 0.15) is 6.54 Å². The third-order valence-corrected chi connectivity index (χ3v) is 3.41. The Hall–Kier alpha value is -1.10. The Kier molecular flexibility index (Phi) is 5.59. The molecule has 1 aliphatic heterocycles. The van der Waals surface area contributed by atoms with Gasteiger partial charge >= 0.3 is 5.97 Å². The largest absolute Gasteiger partial charge is 0.468 e. The van der Waals surface area contributed by atoms with E-state index in [9.17, 15) is 9.59 Å². The van der Waals surface area contributed by atoms with Gasteiger partial charge in [-0.15, -0.1) is 0 Å². The van der Waals surface area contributed by atoms with E-state index in [1.807, 2.05) is 13.8 Å². The topological polar surface area (TPSA) is 58.6 Å². The highest BCUT2D eigenvalue weighted by Crippen LogP contribution is 2.20. The van der Waals surface area contributed by atoms with Gasteiger partial charge in [-0.25, -0.2) is 0 Å². The number of amides is 1. The molecule has 2 unspecified atom stereocenters. The Morgan fingerprint density at radius 3 is 2.61 bits per heavy atom. The zero-order chi connectivity index (χ0) is 13.7. The van der Waals surface area contributed by atoms with Crippen LogP contribution < -0.4 is 5.32 Å². The normalized spacial score (nSPS) is 23.8. The summed E-state index contributed by atoms with van der Waals surface area (Å²) in [6.45, 7) is 6.84. The molecular formula is C13H24N2O3. The molecular weight excluding hydrogens is 232 g/mol. The quantitative estimate of drug-likeness (QED) is 0.755. The molecule has 1 amide bonds. The van der Waals surface area contributed by atoms with Crippen LogP contribution in [0.15, 0.2) is 0 Å². The van der Waals surface area contributed by atoms with Gasteiger partial charge in [-0.2, -0.15) is 0 Å². The van der Waals surface area contributed by atoms with Crippen LogP contribution in [0.25, 0.3) is 0 Å². The minimum atomic E-state index is -0.362. The van der Waals surface area contributed by atoms with Gasteiger partial charge in [-0.1, -0.05) is 0 Å². The fraction of sp³-hybridized carbons (Fsp3) is 0.846. The fourth-order valence-electron chi connectivity index (χ4n) is 2.31. The maximum absolute atomic E-state index is 12.4. The molecule has 0 aliphatic carbocycles. The minimum Gasteiger partial charge on any atom is -0.468 e. The molecule has 1 aliphatic rings. The summed E-state index contributed by atoms with van der Waals surface area (Å²) in [5, 5.41) is 3.32. The number of piperidine rings is 1.